The van der Waals surface area contributed by atoms with Gasteiger partial charge in [-0.15, -0.1) is 0 Å². The van der Waals surface area contributed by atoms with Crippen molar-refractivity contribution < 1.29 is 28.3 Å². The topological polar surface area (TPSA) is 113 Å². The van der Waals surface area contributed by atoms with Gasteiger partial charge >= 0.3 is 12.1 Å². The molecule has 0 aliphatic carbocycles. The number of carboxylic acids is 1. The lowest BCUT2D eigenvalue weighted by molar-refractivity contribution is -0.136. The van der Waals surface area contributed by atoms with Crippen LogP contribution in [0.15, 0.2) is 17.4 Å². The van der Waals surface area contributed by atoms with Crippen LogP contribution < -0.4 is 5.73 Å². The van der Waals surface area contributed by atoms with E-state index in [1.54, 1.807) is 0 Å². The molecule has 0 aromatic carbocycles. The van der Waals surface area contributed by atoms with E-state index in [9.17, 15) is 18.0 Å². The Hall–Kier alpha value is -2.49. The fourth-order valence-corrected chi connectivity index (χ4v) is 1.91. The average molecular weight is 323 g/mol. The highest BCUT2D eigenvalue weighted by molar-refractivity contribution is 6.32. The molecule has 7 nitrogen and oxygen atoms in total. The second-order valence-corrected chi connectivity index (χ2v) is 4.23. The molecule has 4 N–H and O–H groups in total. The van der Waals surface area contributed by atoms with Gasteiger partial charge in [0.05, 0.1) is 5.56 Å². The van der Waals surface area contributed by atoms with Crippen molar-refractivity contribution in [2.45, 2.75) is 6.18 Å². The molecular weight excluding hydrogens is 317 g/mol. The fourth-order valence-electron chi connectivity index (χ4n) is 1.66. The number of hydrogen-bond donors (Lipinski definition) is 3. The number of aromatic carboxylic acids is 1. The third kappa shape index (κ3) is 2.44. The van der Waals surface area contributed by atoms with Gasteiger partial charge in [-0.25, -0.2) is 9.78 Å². The number of imidazole rings is 1. The number of carbonyl (C=O) groups is 1. The number of oxime groups is 1. The molecule has 0 atom stereocenters. The Morgan fingerprint density at radius 1 is 1.48 bits per heavy atom. The minimum atomic E-state index is -4.84. The molecule has 0 aliphatic rings. The summed E-state index contributed by atoms with van der Waals surface area (Å²) in [5.41, 5.74) is 2.26. The molecule has 0 unspecified atom stereocenters. The molecule has 0 bridgehead atoms. The second kappa shape index (κ2) is 4.81. The number of rotatable bonds is 2. The number of amidine groups is 1. The van der Waals surface area contributed by atoms with Gasteiger partial charge in [-0.3, -0.25) is 4.40 Å². The Bertz CT molecular complexity index is 769. The van der Waals surface area contributed by atoms with Gasteiger partial charge in [0.1, 0.15) is 5.15 Å². The highest BCUT2D eigenvalue weighted by atomic mass is 35.5. The molecule has 0 amide bonds. The van der Waals surface area contributed by atoms with Gasteiger partial charge < -0.3 is 16.0 Å². The summed E-state index contributed by atoms with van der Waals surface area (Å²) in [6.07, 6.45) is -3.85. The summed E-state index contributed by atoms with van der Waals surface area (Å²) in [6, 6.07) is 0.583. The van der Waals surface area contributed by atoms with Crippen molar-refractivity contribution in [3.63, 3.8) is 0 Å². The van der Waals surface area contributed by atoms with Crippen LogP contribution in [0, 0.1) is 0 Å². The minimum Gasteiger partial charge on any atom is -0.476 e. The summed E-state index contributed by atoms with van der Waals surface area (Å²) in [7, 11) is 0. The second-order valence-electron chi connectivity index (χ2n) is 3.88. The highest BCUT2D eigenvalue weighted by Crippen LogP contribution is 2.34. The summed E-state index contributed by atoms with van der Waals surface area (Å²) < 4.78 is 39.8. The Labute approximate surface area is 119 Å². The lowest BCUT2D eigenvalue weighted by atomic mass is 10.1. The van der Waals surface area contributed by atoms with Crippen LogP contribution in [-0.4, -0.2) is 31.5 Å². The first-order valence-corrected chi connectivity index (χ1v) is 5.54. The number of nitrogens with zero attached hydrogens (tertiary/aromatic N) is 3. The van der Waals surface area contributed by atoms with E-state index in [4.69, 9.17) is 27.6 Å². The number of halogens is 4. The van der Waals surface area contributed by atoms with E-state index < -0.39 is 40.0 Å². The standard InChI is InChI=1S/C10H6ClF3N4O3/c11-6-5(9(19)20)16-8-4(10(12,13)14)1-3(2-18(6)8)7(15)17-21/h1-2,21H,(H2,15,17)(H,19,20). The monoisotopic (exact) mass is 322 g/mol. The van der Waals surface area contributed by atoms with Gasteiger partial charge in [-0.2, -0.15) is 13.2 Å². The lowest BCUT2D eigenvalue weighted by Gasteiger charge is -2.10. The molecule has 21 heavy (non-hydrogen) atoms. The third-order valence-corrected chi connectivity index (χ3v) is 2.93. The van der Waals surface area contributed by atoms with Gasteiger partial charge in [-0.1, -0.05) is 16.8 Å². The van der Waals surface area contributed by atoms with Crippen molar-refractivity contribution in [2.75, 3.05) is 0 Å². The molecule has 0 saturated heterocycles. The number of carboxylic acid groups (broad SMARTS) is 1. The minimum absolute atomic E-state index is 0.298. The Morgan fingerprint density at radius 2 is 2.10 bits per heavy atom. The fraction of sp³-hybridized carbons (Fsp3) is 0.100. The number of aromatic nitrogens is 2. The zero-order valence-electron chi connectivity index (χ0n) is 9.89. The molecule has 112 valence electrons. The van der Waals surface area contributed by atoms with E-state index in [1.807, 2.05) is 0 Å². The first-order valence-electron chi connectivity index (χ1n) is 5.16. The van der Waals surface area contributed by atoms with E-state index >= 15 is 0 Å². The van der Waals surface area contributed by atoms with Crippen molar-refractivity contribution in [3.05, 3.63) is 34.2 Å². The molecule has 0 spiro atoms. The van der Waals surface area contributed by atoms with Crippen LogP contribution >= 0.6 is 11.6 Å². The Morgan fingerprint density at radius 3 is 2.57 bits per heavy atom. The zero-order valence-corrected chi connectivity index (χ0v) is 10.6. The van der Waals surface area contributed by atoms with Crippen LogP contribution in [-0.2, 0) is 6.18 Å². The average Bonchev–Trinajstić information content (AvgIpc) is 2.73. The van der Waals surface area contributed by atoms with Gasteiger partial charge in [0.15, 0.2) is 17.2 Å². The van der Waals surface area contributed by atoms with Crippen molar-refractivity contribution in [3.8, 4) is 0 Å². The third-order valence-electron chi connectivity index (χ3n) is 2.57. The summed E-state index contributed by atoms with van der Waals surface area (Å²) in [5, 5.41) is 19.5. The largest absolute Gasteiger partial charge is 0.476 e. The van der Waals surface area contributed by atoms with E-state index in [2.05, 4.69) is 10.1 Å². The lowest BCUT2D eigenvalue weighted by Crippen LogP contribution is -2.17. The smallest absolute Gasteiger partial charge is 0.420 e. The molecular formula is C10H6ClF3N4O3. The summed E-state index contributed by atoms with van der Waals surface area (Å²) in [5.74, 6) is -2.17. The Kier molecular flexibility index (Phi) is 3.41. The number of nitrogens with two attached hydrogens (primary N) is 1. The van der Waals surface area contributed by atoms with E-state index in [-0.39, 0.29) is 5.56 Å². The molecule has 2 heterocycles. The molecule has 0 saturated carbocycles. The maximum absolute atomic E-state index is 13.0. The molecule has 2 rings (SSSR count). The first kappa shape index (κ1) is 14.9. The predicted octanol–water partition coefficient (Wildman–Crippen LogP) is 1.80. The van der Waals surface area contributed by atoms with Crippen molar-refractivity contribution in [1.29, 1.82) is 0 Å². The molecule has 11 heteroatoms. The van der Waals surface area contributed by atoms with Crippen molar-refractivity contribution in [2.24, 2.45) is 10.9 Å². The maximum atomic E-state index is 13.0. The quantitative estimate of drug-likeness (QED) is 0.338. The van der Waals surface area contributed by atoms with Crippen LogP contribution in [0.2, 0.25) is 5.15 Å². The van der Waals surface area contributed by atoms with Gasteiger partial charge in [0, 0.05) is 11.8 Å². The van der Waals surface area contributed by atoms with Crippen molar-refractivity contribution in [1.82, 2.24) is 9.38 Å². The molecule has 0 fully saturated rings. The highest BCUT2D eigenvalue weighted by Gasteiger charge is 2.36. The van der Waals surface area contributed by atoms with Gasteiger partial charge in [0.2, 0.25) is 0 Å². The maximum Gasteiger partial charge on any atom is 0.420 e. The van der Waals surface area contributed by atoms with E-state index in [1.165, 1.54) is 0 Å². The van der Waals surface area contributed by atoms with Crippen molar-refractivity contribution >= 4 is 29.1 Å². The number of fused-ring (bicyclic) bond motifs is 1. The molecule has 0 radical (unpaired) electrons. The summed E-state index contributed by atoms with van der Waals surface area (Å²) in [6.45, 7) is 0. The number of pyridine rings is 1. The zero-order chi connectivity index (χ0) is 15.9. The van der Waals surface area contributed by atoms with Crippen LogP contribution in [0.1, 0.15) is 21.6 Å². The molecule has 0 aliphatic heterocycles. The summed E-state index contributed by atoms with van der Waals surface area (Å²) >= 11 is 5.70. The SMILES string of the molecule is N/C(=N\O)c1cc(C(F)(F)F)c2nc(C(=O)O)c(Cl)n2c1. The van der Waals surface area contributed by atoms with E-state index in [0.29, 0.717) is 10.5 Å². The number of alkyl halides is 3. The molecule has 2 aromatic rings. The predicted molar refractivity (Wildman–Crippen MR) is 64.7 cm³/mol. The van der Waals surface area contributed by atoms with Crippen LogP contribution in [0.25, 0.3) is 5.65 Å². The van der Waals surface area contributed by atoms with E-state index in [0.717, 1.165) is 6.20 Å². The summed E-state index contributed by atoms with van der Waals surface area (Å²) in [4.78, 5) is 14.3. The van der Waals surface area contributed by atoms with Crippen LogP contribution in [0.4, 0.5) is 13.2 Å². The Balaban J connectivity index is 2.92. The van der Waals surface area contributed by atoms with Gasteiger partial charge in [-0.05, 0) is 6.07 Å². The van der Waals surface area contributed by atoms with Crippen LogP contribution in [0.5, 0.6) is 0 Å². The first-order chi connectivity index (χ1) is 9.66. The normalized spacial score (nSPS) is 12.9. The van der Waals surface area contributed by atoms with Gasteiger partial charge in [0.25, 0.3) is 0 Å². The molecule has 2 aromatic heterocycles. The number of hydrogen-bond acceptors (Lipinski definition) is 4. The van der Waals surface area contributed by atoms with Crippen LogP contribution in [0.3, 0.4) is 0 Å².